The van der Waals surface area contributed by atoms with Gasteiger partial charge in [0.25, 0.3) is 0 Å². The lowest BCUT2D eigenvalue weighted by Crippen LogP contribution is -1.98. The summed E-state index contributed by atoms with van der Waals surface area (Å²) in [6.07, 6.45) is 1.74. The molecule has 0 aliphatic heterocycles. The Morgan fingerprint density at radius 2 is 1.75 bits per heavy atom. The molecule has 6 heteroatoms. The Labute approximate surface area is 143 Å². The van der Waals surface area contributed by atoms with Gasteiger partial charge < -0.3 is 0 Å². The van der Waals surface area contributed by atoms with E-state index in [-0.39, 0.29) is 0 Å². The van der Waals surface area contributed by atoms with E-state index in [9.17, 15) is 0 Å². The van der Waals surface area contributed by atoms with Crippen LogP contribution in [-0.2, 0) is 0 Å². The van der Waals surface area contributed by atoms with Crippen molar-refractivity contribution in [3.8, 4) is 11.5 Å². The molecule has 0 radical (unpaired) electrons. The quantitative estimate of drug-likeness (QED) is 0.528. The first kappa shape index (κ1) is 14.8. The molecule has 0 amide bonds. The maximum Gasteiger partial charge on any atom is 0.203 e. The number of fused-ring (bicyclic) bond motifs is 1. The molecule has 0 N–H and O–H groups in total. The molecule has 1 aromatic carbocycles. The van der Waals surface area contributed by atoms with Crippen molar-refractivity contribution in [1.29, 1.82) is 0 Å². The van der Waals surface area contributed by atoms with Crippen LogP contribution in [0.5, 0.6) is 0 Å². The second-order valence-electron chi connectivity index (χ2n) is 5.35. The van der Waals surface area contributed by atoms with Crippen LogP contribution >= 0.6 is 11.8 Å². The molecule has 0 fully saturated rings. The zero-order chi connectivity index (χ0) is 16.4. The molecule has 1 unspecified atom stereocenters. The topological polar surface area (TPSA) is 56.0 Å². The molecule has 0 aliphatic rings. The van der Waals surface area contributed by atoms with Gasteiger partial charge in [0.2, 0.25) is 5.82 Å². The molecule has 3 heterocycles. The first-order valence-electron chi connectivity index (χ1n) is 7.67. The van der Waals surface area contributed by atoms with Crippen molar-refractivity contribution in [2.75, 3.05) is 0 Å². The van der Waals surface area contributed by atoms with Crippen molar-refractivity contribution in [1.82, 2.24) is 24.8 Å². The highest BCUT2D eigenvalue weighted by Gasteiger charge is 2.13. The highest BCUT2D eigenvalue weighted by Crippen LogP contribution is 2.33. The van der Waals surface area contributed by atoms with Crippen LogP contribution in [0, 0.1) is 0 Å². The van der Waals surface area contributed by atoms with Crippen LogP contribution in [0.1, 0.15) is 17.7 Å². The van der Waals surface area contributed by atoms with Crippen molar-refractivity contribution in [2.45, 2.75) is 17.2 Å². The lowest BCUT2D eigenvalue weighted by Gasteiger charge is -2.10. The van der Waals surface area contributed by atoms with Gasteiger partial charge in [-0.25, -0.2) is 0 Å². The van der Waals surface area contributed by atoms with Crippen LogP contribution in [0.4, 0.5) is 0 Å². The van der Waals surface area contributed by atoms with Gasteiger partial charge in [0.1, 0.15) is 10.7 Å². The van der Waals surface area contributed by atoms with E-state index in [1.807, 2.05) is 36.4 Å². The minimum Gasteiger partial charge on any atom is -0.253 e. The number of hydrogen-bond donors (Lipinski definition) is 0. The minimum absolute atomic E-state index is 0.311. The summed E-state index contributed by atoms with van der Waals surface area (Å²) in [5.41, 5.74) is 2.75. The highest BCUT2D eigenvalue weighted by molar-refractivity contribution is 7.99. The van der Waals surface area contributed by atoms with E-state index in [0.29, 0.717) is 16.7 Å². The van der Waals surface area contributed by atoms with Crippen LogP contribution in [0.25, 0.3) is 17.2 Å². The molecule has 4 aromatic rings. The third-order valence-electron chi connectivity index (χ3n) is 3.70. The molecule has 1 atom stereocenters. The second kappa shape index (κ2) is 6.41. The van der Waals surface area contributed by atoms with Gasteiger partial charge in [0.15, 0.2) is 5.65 Å². The molecule has 5 nitrogen and oxygen atoms in total. The Morgan fingerprint density at radius 3 is 2.54 bits per heavy atom. The van der Waals surface area contributed by atoms with Crippen LogP contribution in [-0.4, -0.2) is 24.8 Å². The summed E-state index contributed by atoms with van der Waals surface area (Å²) in [4.78, 5) is 4.34. The van der Waals surface area contributed by atoms with E-state index in [1.165, 1.54) is 5.56 Å². The van der Waals surface area contributed by atoms with Gasteiger partial charge in [-0.2, -0.15) is 9.61 Å². The molecule has 0 bridgehead atoms. The molecule has 0 aliphatic carbocycles. The van der Waals surface area contributed by atoms with Gasteiger partial charge in [-0.3, -0.25) is 4.98 Å². The number of nitrogens with zero attached hydrogens (tertiary/aromatic N) is 5. The molecule has 0 saturated heterocycles. The third kappa shape index (κ3) is 2.88. The lowest BCUT2D eigenvalue weighted by atomic mass is 10.2. The number of pyridine rings is 1. The van der Waals surface area contributed by atoms with Crippen LogP contribution < -0.4 is 0 Å². The first-order valence-corrected chi connectivity index (χ1v) is 8.55. The Hall–Kier alpha value is -2.73. The standard InChI is InChI=1S/C18H15N5S/c1-13(14-7-3-2-4-8-14)24-17-11-10-16-20-21-18(23(16)22-17)15-9-5-6-12-19-15/h2-13H,1H3. The van der Waals surface area contributed by atoms with Crippen molar-refractivity contribution in [2.24, 2.45) is 0 Å². The summed E-state index contributed by atoms with van der Waals surface area (Å²) in [6.45, 7) is 2.18. The van der Waals surface area contributed by atoms with E-state index in [0.717, 1.165) is 10.7 Å². The Balaban J connectivity index is 1.68. The molecule has 4 rings (SSSR count). The molecule has 24 heavy (non-hydrogen) atoms. The molecule has 0 spiro atoms. The summed E-state index contributed by atoms with van der Waals surface area (Å²) >= 11 is 1.71. The average molecular weight is 333 g/mol. The van der Waals surface area contributed by atoms with Gasteiger partial charge >= 0.3 is 0 Å². The maximum atomic E-state index is 4.69. The number of thioether (sulfide) groups is 1. The van der Waals surface area contributed by atoms with E-state index in [1.54, 1.807) is 22.5 Å². The summed E-state index contributed by atoms with van der Waals surface area (Å²) in [5, 5.41) is 14.3. The smallest absolute Gasteiger partial charge is 0.203 e. The predicted octanol–water partition coefficient (Wildman–Crippen LogP) is 4.04. The highest BCUT2D eigenvalue weighted by atomic mass is 32.2. The predicted molar refractivity (Wildman–Crippen MR) is 94.7 cm³/mol. The van der Waals surface area contributed by atoms with Crippen molar-refractivity contribution in [3.63, 3.8) is 0 Å². The zero-order valence-corrected chi connectivity index (χ0v) is 13.9. The first-order chi connectivity index (χ1) is 11.8. The van der Waals surface area contributed by atoms with Gasteiger partial charge in [-0.15, -0.1) is 10.2 Å². The number of benzene rings is 1. The van der Waals surface area contributed by atoms with Gasteiger partial charge in [0, 0.05) is 11.4 Å². The Morgan fingerprint density at radius 1 is 0.917 bits per heavy atom. The monoisotopic (exact) mass is 333 g/mol. The van der Waals surface area contributed by atoms with E-state index >= 15 is 0 Å². The zero-order valence-electron chi connectivity index (χ0n) is 13.1. The molecule has 0 saturated carbocycles. The van der Waals surface area contributed by atoms with E-state index < -0.39 is 0 Å². The molecular formula is C18H15N5S. The third-order valence-corrected chi connectivity index (χ3v) is 4.78. The number of aromatic nitrogens is 5. The summed E-state index contributed by atoms with van der Waals surface area (Å²) in [5.74, 6) is 0.653. The molecular weight excluding hydrogens is 318 g/mol. The van der Waals surface area contributed by atoms with Crippen LogP contribution in [0.15, 0.2) is 71.9 Å². The van der Waals surface area contributed by atoms with Crippen molar-refractivity contribution >= 4 is 17.4 Å². The normalized spacial score (nSPS) is 12.4. The maximum absolute atomic E-state index is 4.69. The van der Waals surface area contributed by atoms with E-state index in [2.05, 4.69) is 46.4 Å². The van der Waals surface area contributed by atoms with Crippen molar-refractivity contribution < 1.29 is 0 Å². The van der Waals surface area contributed by atoms with Gasteiger partial charge in [0.05, 0.1) is 0 Å². The number of hydrogen-bond acceptors (Lipinski definition) is 5. The SMILES string of the molecule is CC(Sc1ccc2nnc(-c3ccccn3)n2n1)c1ccccc1. The van der Waals surface area contributed by atoms with Gasteiger partial charge in [-0.1, -0.05) is 48.2 Å². The average Bonchev–Trinajstić information content (AvgIpc) is 3.06. The van der Waals surface area contributed by atoms with Crippen molar-refractivity contribution in [3.05, 3.63) is 72.4 Å². The van der Waals surface area contributed by atoms with Gasteiger partial charge in [-0.05, 0) is 36.8 Å². The summed E-state index contributed by atoms with van der Waals surface area (Å²) in [6, 6.07) is 20.0. The summed E-state index contributed by atoms with van der Waals surface area (Å²) in [7, 11) is 0. The second-order valence-corrected chi connectivity index (χ2v) is 6.71. The Bertz CT molecular complexity index is 953. The largest absolute Gasteiger partial charge is 0.253 e. The lowest BCUT2D eigenvalue weighted by molar-refractivity contribution is 0.854. The van der Waals surface area contributed by atoms with Crippen LogP contribution in [0.2, 0.25) is 0 Å². The van der Waals surface area contributed by atoms with E-state index in [4.69, 9.17) is 5.10 Å². The fourth-order valence-corrected chi connectivity index (χ4v) is 3.39. The number of rotatable bonds is 4. The Kier molecular flexibility index (Phi) is 3.96. The fourth-order valence-electron chi connectivity index (χ4n) is 2.46. The molecule has 118 valence electrons. The molecule has 3 aromatic heterocycles. The minimum atomic E-state index is 0.311. The van der Waals surface area contributed by atoms with Crippen LogP contribution in [0.3, 0.4) is 0 Å². The fraction of sp³-hybridized carbons (Fsp3) is 0.111. The summed E-state index contributed by atoms with van der Waals surface area (Å²) < 4.78 is 1.75.